The van der Waals surface area contributed by atoms with Gasteiger partial charge in [0.25, 0.3) is 5.91 Å². The minimum Gasteiger partial charge on any atom is -0.397 e. The number of amides is 1. The second-order valence-electron chi connectivity index (χ2n) is 4.48. The number of halogens is 1. The van der Waals surface area contributed by atoms with Crippen molar-refractivity contribution in [1.29, 1.82) is 0 Å². The summed E-state index contributed by atoms with van der Waals surface area (Å²) in [5, 5.41) is 3.89. The fourth-order valence-electron chi connectivity index (χ4n) is 1.94. The molecule has 0 aliphatic heterocycles. The van der Waals surface area contributed by atoms with Gasteiger partial charge in [-0.1, -0.05) is 11.6 Å². The molecule has 1 aromatic carbocycles. The number of carbonyl (C=O) groups is 1. The first kappa shape index (κ1) is 13.8. The SMILES string of the molecule is Cc1nc2ccc(NC(=O)c3cc(N)cnc3Cl)cc2s1. The molecule has 0 aliphatic rings. The largest absolute Gasteiger partial charge is 0.397 e. The van der Waals surface area contributed by atoms with E-state index in [1.807, 2.05) is 19.1 Å². The molecule has 0 spiro atoms. The molecule has 21 heavy (non-hydrogen) atoms. The lowest BCUT2D eigenvalue weighted by Crippen LogP contribution is -2.13. The van der Waals surface area contributed by atoms with E-state index in [2.05, 4.69) is 15.3 Å². The van der Waals surface area contributed by atoms with E-state index in [1.165, 1.54) is 12.3 Å². The lowest BCUT2D eigenvalue weighted by molar-refractivity contribution is 0.102. The zero-order valence-electron chi connectivity index (χ0n) is 11.1. The van der Waals surface area contributed by atoms with Gasteiger partial charge in [-0.3, -0.25) is 4.79 Å². The maximum atomic E-state index is 12.2. The van der Waals surface area contributed by atoms with E-state index in [0.29, 0.717) is 11.4 Å². The molecular weight excluding hydrogens is 308 g/mol. The van der Waals surface area contributed by atoms with Crippen LogP contribution in [0.1, 0.15) is 15.4 Å². The van der Waals surface area contributed by atoms with Crippen LogP contribution in [-0.4, -0.2) is 15.9 Å². The molecule has 0 bridgehead atoms. The summed E-state index contributed by atoms with van der Waals surface area (Å²) >= 11 is 7.49. The number of carbonyl (C=O) groups excluding carboxylic acids is 1. The van der Waals surface area contributed by atoms with Gasteiger partial charge in [-0.25, -0.2) is 9.97 Å². The minimum atomic E-state index is -0.347. The third-order valence-electron chi connectivity index (χ3n) is 2.86. The van der Waals surface area contributed by atoms with Gasteiger partial charge in [0.1, 0.15) is 5.15 Å². The van der Waals surface area contributed by atoms with Crippen molar-refractivity contribution in [1.82, 2.24) is 9.97 Å². The molecule has 5 nitrogen and oxygen atoms in total. The molecule has 3 N–H and O–H groups in total. The highest BCUT2D eigenvalue weighted by Crippen LogP contribution is 2.25. The van der Waals surface area contributed by atoms with Gasteiger partial charge in [-0.2, -0.15) is 0 Å². The summed E-state index contributed by atoms with van der Waals surface area (Å²) in [6, 6.07) is 7.05. The first-order chi connectivity index (χ1) is 10.0. The molecular formula is C14H11ClN4OS. The second-order valence-corrected chi connectivity index (χ2v) is 6.07. The van der Waals surface area contributed by atoms with Crippen LogP contribution in [-0.2, 0) is 0 Å². The van der Waals surface area contributed by atoms with Crippen LogP contribution in [0.2, 0.25) is 5.15 Å². The van der Waals surface area contributed by atoms with Crippen LogP contribution < -0.4 is 11.1 Å². The van der Waals surface area contributed by atoms with Crippen molar-refractivity contribution < 1.29 is 4.79 Å². The molecule has 0 unspecified atom stereocenters. The highest BCUT2D eigenvalue weighted by atomic mass is 35.5. The maximum Gasteiger partial charge on any atom is 0.258 e. The molecule has 3 rings (SSSR count). The molecule has 7 heteroatoms. The predicted octanol–water partition coefficient (Wildman–Crippen LogP) is 3.49. The number of anilines is 2. The van der Waals surface area contributed by atoms with E-state index < -0.39 is 0 Å². The third-order valence-corrected chi connectivity index (χ3v) is 4.09. The number of aryl methyl sites for hydroxylation is 1. The number of rotatable bonds is 2. The van der Waals surface area contributed by atoms with Crippen LogP contribution in [0.4, 0.5) is 11.4 Å². The molecule has 0 aliphatic carbocycles. The summed E-state index contributed by atoms with van der Waals surface area (Å²) in [4.78, 5) is 20.5. The van der Waals surface area contributed by atoms with Gasteiger partial charge in [0.05, 0.1) is 32.7 Å². The average molecular weight is 319 g/mol. The van der Waals surface area contributed by atoms with Crippen molar-refractivity contribution in [3.63, 3.8) is 0 Å². The highest BCUT2D eigenvalue weighted by Gasteiger charge is 2.13. The molecule has 0 fully saturated rings. The van der Waals surface area contributed by atoms with Gasteiger partial charge < -0.3 is 11.1 Å². The number of hydrogen-bond acceptors (Lipinski definition) is 5. The van der Waals surface area contributed by atoms with E-state index in [4.69, 9.17) is 17.3 Å². The van der Waals surface area contributed by atoms with Crippen molar-refractivity contribution in [3.8, 4) is 0 Å². The Bertz CT molecular complexity index is 846. The number of nitrogen functional groups attached to an aromatic ring is 1. The zero-order valence-corrected chi connectivity index (χ0v) is 12.6. The number of nitrogens with zero attached hydrogens (tertiary/aromatic N) is 2. The van der Waals surface area contributed by atoms with E-state index in [0.717, 1.165) is 15.2 Å². The normalized spacial score (nSPS) is 10.8. The number of benzene rings is 1. The smallest absolute Gasteiger partial charge is 0.258 e. The summed E-state index contributed by atoms with van der Waals surface area (Å²) in [5.74, 6) is -0.347. The molecule has 0 saturated heterocycles. The fraction of sp³-hybridized carbons (Fsp3) is 0.0714. The van der Waals surface area contributed by atoms with Gasteiger partial charge in [-0.15, -0.1) is 11.3 Å². The van der Waals surface area contributed by atoms with Gasteiger partial charge in [-0.05, 0) is 31.2 Å². The number of fused-ring (bicyclic) bond motifs is 1. The predicted molar refractivity (Wildman–Crippen MR) is 86.0 cm³/mol. The third kappa shape index (κ3) is 2.81. The first-order valence-corrected chi connectivity index (χ1v) is 7.32. The second kappa shape index (κ2) is 5.31. The quantitative estimate of drug-likeness (QED) is 0.709. The van der Waals surface area contributed by atoms with Gasteiger partial charge in [0.15, 0.2) is 0 Å². The van der Waals surface area contributed by atoms with Crippen molar-refractivity contribution in [2.24, 2.45) is 0 Å². The van der Waals surface area contributed by atoms with Crippen LogP contribution in [0.25, 0.3) is 10.2 Å². The molecule has 2 aromatic heterocycles. The van der Waals surface area contributed by atoms with Crippen LogP contribution in [0.3, 0.4) is 0 Å². The molecule has 3 aromatic rings. The zero-order chi connectivity index (χ0) is 15.0. The van der Waals surface area contributed by atoms with Crippen LogP contribution in [0.15, 0.2) is 30.5 Å². The molecule has 0 atom stereocenters. The Morgan fingerprint density at radius 3 is 3.00 bits per heavy atom. The Morgan fingerprint density at radius 1 is 1.38 bits per heavy atom. The monoisotopic (exact) mass is 318 g/mol. The molecule has 0 radical (unpaired) electrons. The van der Waals surface area contributed by atoms with Crippen molar-refractivity contribution in [2.45, 2.75) is 6.92 Å². The number of hydrogen-bond donors (Lipinski definition) is 2. The lowest BCUT2D eigenvalue weighted by atomic mass is 10.2. The van der Waals surface area contributed by atoms with Crippen LogP contribution in [0.5, 0.6) is 0 Å². The summed E-state index contributed by atoms with van der Waals surface area (Å²) in [6.07, 6.45) is 1.41. The number of nitrogens with one attached hydrogen (secondary N) is 1. The van der Waals surface area contributed by atoms with E-state index in [1.54, 1.807) is 17.4 Å². The van der Waals surface area contributed by atoms with Gasteiger partial charge >= 0.3 is 0 Å². The first-order valence-electron chi connectivity index (χ1n) is 6.12. The number of aromatic nitrogens is 2. The van der Waals surface area contributed by atoms with Crippen molar-refractivity contribution in [2.75, 3.05) is 11.1 Å². The standard InChI is InChI=1S/C14H11ClN4OS/c1-7-18-11-3-2-9(5-12(11)21-7)19-14(20)10-4-8(16)6-17-13(10)15/h2-6H,16H2,1H3,(H,19,20). The molecule has 1 amide bonds. The van der Waals surface area contributed by atoms with Crippen molar-refractivity contribution >= 4 is 50.4 Å². The number of thiazole rings is 1. The molecule has 0 saturated carbocycles. The van der Waals surface area contributed by atoms with Gasteiger partial charge in [0, 0.05) is 5.69 Å². The van der Waals surface area contributed by atoms with E-state index in [9.17, 15) is 4.79 Å². The van der Waals surface area contributed by atoms with Crippen molar-refractivity contribution in [3.05, 3.63) is 46.2 Å². The van der Waals surface area contributed by atoms with Crippen LogP contribution >= 0.6 is 22.9 Å². The Balaban J connectivity index is 1.90. The summed E-state index contributed by atoms with van der Waals surface area (Å²) in [7, 11) is 0. The molecule has 106 valence electrons. The average Bonchev–Trinajstić information content (AvgIpc) is 2.80. The lowest BCUT2D eigenvalue weighted by Gasteiger charge is -2.07. The highest BCUT2D eigenvalue weighted by molar-refractivity contribution is 7.18. The maximum absolute atomic E-state index is 12.2. The minimum absolute atomic E-state index is 0.122. The van der Waals surface area contributed by atoms with E-state index >= 15 is 0 Å². The Labute approximate surface area is 129 Å². The Kier molecular flexibility index (Phi) is 3.48. The van der Waals surface area contributed by atoms with Crippen LogP contribution in [0, 0.1) is 6.92 Å². The number of nitrogens with two attached hydrogens (primary N) is 1. The topological polar surface area (TPSA) is 80.9 Å². The summed E-state index contributed by atoms with van der Waals surface area (Å²) < 4.78 is 1.02. The Morgan fingerprint density at radius 2 is 2.19 bits per heavy atom. The van der Waals surface area contributed by atoms with Gasteiger partial charge in [0.2, 0.25) is 0 Å². The Hall–Kier alpha value is -2.18. The number of pyridine rings is 1. The summed E-state index contributed by atoms with van der Waals surface area (Å²) in [6.45, 7) is 1.95. The molecule has 2 heterocycles. The summed E-state index contributed by atoms with van der Waals surface area (Å²) in [5.41, 5.74) is 7.85. The fourth-order valence-corrected chi connectivity index (χ4v) is 3.00. The van der Waals surface area contributed by atoms with E-state index in [-0.39, 0.29) is 16.6 Å².